The number of amides is 2. The molecule has 1 aromatic rings. The minimum absolute atomic E-state index is 0.0396. The van der Waals surface area contributed by atoms with Gasteiger partial charge in [0, 0.05) is 19.5 Å². The lowest BCUT2D eigenvalue weighted by molar-refractivity contribution is -0.137. The van der Waals surface area contributed by atoms with Crippen LogP contribution in [0.1, 0.15) is 30.8 Å². The van der Waals surface area contributed by atoms with Crippen molar-refractivity contribution in [2.24, 2.45) is 5.92 Å². The average Bonchev–Trinajstić information content (AvgIpc) is 3.10. The zero-order valence-electron chi connectivity index (χ0n) is 13.8. The Bertz CT molecular complexity index is 726. The van der Waals surface area contributed by atoms with Crippen molar-refractivity contribution in [2.45, 2.75) is 32.4 Å². The van der Waals surface area contributed by atoms with Gasteiger partial charge in [-0.3, -0.25) is 9.59 Å². The summed E-state index contributed by atoms with van der Waals surface area (Å²) in [6.07, 6.45) is 1.80. The van der Waals surface area contributed by atoms with Crippen molar-refractivity contribution in [1.29, 1.82) is 0 Å². The van der Waals surface area contributed by atoms with E-state index in [9.17, 15) is 18.0 Å². The fourth-order valence-corrected chi connectivity index (χ4v) is 5.50. The number of carbonyl (C=O) groups excluding carboxylic acids is 2. The SMILES string of the molecule is CC(C)CC(=O)N1CCN(C(=O)c2ccco2)[C@@H]2CS(=O)(=O)C[C@@H]21. The molecule has 2 atom stereocenters. The molecule has 0 aliphatic carbocycles. The van der Waals surface area contributed by atoms with Crippen molar-refractivity contribution in [3.8, 4) is 0 Å². The molecule has 2 fully saturated rings. The maximum Gasteiger partial charge on any atom is 0.289 e. The Morgan fingerprint density at radius 2 is 1.83 bits per heavy atom. The molecule has 2 amide bonds. The number of carbonyl (C=O) groups is 2. The van der Waals surface area contributed by atoms with Crippen LogP contribution in [0.15, 0.2) is 22.8 Å². The molecule has 2 aliphatic rings. The lowest BCUT2D eigenvalue weighted by Gasteiger charge is -2.43. The van der Waals surface area contributed by atoms with Gasteiger partial charge in [-0.1, -0.05) is 13.8 Å². The Balaban J connectivity index is 1.85. The van der Waals surface area contributed by atoms with Crippen LogP contribution in [0.2, 0.25) is 0 Å². The molecule has 3 rings (SSSR count). The van der Waals surface area contributed by atoms with Gasteiger partial charge in [-0.25, -0.2) is 8.42 Å². The summed E-state index contributed by atoms with van der Waals surface area (Å²) in [5, 5.41) is 0. The Morgan fingerprint density at radius 1 is 1.21 bits per heavy atom. The molecule has 2 saturated heterocycles. The molecule has 0 aromatic carbocycles. The van der Waals surface area contributed by atoms with Crippen molar-refractivity contribution < 1.29 is 22.4 Å². The predicted octanol–water partition coefficient (Wildman–Crippen LogP) is 0.776. The van der Waals surface area contributed by atoms with E-state index in [-0.39, 0.29) is 35.0 Å². The molecule has 0 radical (unpaired) electrons. The van der Waals surface area contributed by atoms with Crippen molar-refractivity contribution in [3.05, 3.63) is 24.2 Å². The Hall–Kier alpha value is -1.83. The first kappa shape index (κ1) is 17.0. The Kier molecular flexibility index (Phi) is 4.42. The molecule has 0 N–H and O–H groups in total. The predicted molar refractivity (Wildman–Crippen MR) is 87.1 cm³/mol. The normalized spacial score (nSPS) is 25.8. The van der Waals surface area contributed by atoms with Crippen LogP contribution in [-0.2, 0) is 14.6 Å². The second kappa shape index (κ2) is 6.23. The molecule has 2 aliphatic heterocycles. The van der Waals surface area contributed by atoms with Crippen molar-refractivity contribution >= 4 is 21.7 Å². The highest BCUT2D eigenvalue weighted by molar-refractivity contribution is 7.91. The number of nitrogens with zero attached hydrogens (tertiary/aromatic N) is 2. The number of hydrogen-bond donors (Lipinski definition) is 0. The minimum Gasteiger partial charge on any atom is -0.459 e. The fraction of sp³-hybridized carbons (Fsp3) is 0.625. The molecule has 7 nitrogen and oxygen atoms in total. The fourth-order valence-electron chi connectivity index (χ4n) is 3.52. The first-order chi connectivity index (χ1) is 11.3. The first-order valence-corrected chi connectivity index (χ1v) is 9.95. The van der Waals surface area contributed by atoms with Gasteiger partial charge in [0.05, 0.1) is 29.9 Å². The summed E-state index contributed by atoms with van der Waals surface area (Å²) in [6, 6.07) is 2.22. The molecular formula is C16H22N2O5S. The molecule has 8 heteroatoms. The number of sulfone groups is 1. The largest absolute Gasteiger partial charge is 0.459 e. The molecule has 0 bridgehead atoms. The van der Waals surface area contributed by atoms with E-state index in [0.717, 1.165) is 0 Å². The number of furan rings is 1. The van der Waals surface area contributed by atoms with Crippen LogP contribution in [0.3, 0.4) is 0 Å². The van der Waals surface area contributed by atoms with Gasteiger partial charge >= 0.3 is 0 Å². The highest BCUT2D eigenvalue weighted by Gasteiger charge is 2.49. The smallest absolute Gasteiger partial charge is 0.289 e. The minimum atomic E-state index is -3.28. The molecule has 1 aromatic heterocycles. The van der Waals surface area contributed by atoms with Crippen molar-refractivity contribution in [1.82, 2.24) is 9.80 Å². The van der Waals surface area contributed by atoms with E-state index >= 15 is 0 Å². The van der Waals surface area contributed by atoms with E-state index in [0.29, 0.717) is 19.5 Å². The number of rotatable bonds is 3. The van der Waals surface area contributed by atoms with Crippen LogP contribution in [0.5, 0.6) is 0 Å². The van der Waals surface area contributed by atoms with Gasteiger partial charge in [-0.05, 0) is 18.1 Å². The molecule has 0 saturated carbocycles. The van der Waals surface area contributed by atoms with Crippen LogP contribution in [-0.4, -0.2) is 66.7 Å². The third-order valence-electron chi connectivity index (χ3n) is 4.57. The molecule has 0 unspecified atom stereocenters. The molecule has 24 heavy (non-hydrogen) atoms. The van der Waals surface area contributed by atoms with Gasteiger partial charge in [0.15, 0.2) is 15.6 Å². The van der Waals surface area contributed by atoms with Crippen molar-refractivity contribution in [3.63, 3.8) is 0 Å². The molecular weight excluding hydrogens is 332 g/mol. The summed E-state index contributed by atoms with van der Waals surface area (Å²) in [5.41, 5.74) is 0. The zero-order chi connectivity index (χ0) is 17.5. The summed E-state index contributed by atoms with van der Waals surface area (Å²) >= 11 is 0. The van der Waals surface area contributed by atoms with Gasteiger partial charge in [0.2, 0.25) is 5.91 Å². The number of hydrogen-bond acceptors (Lipinski definition) is 5. The van der Waals surface area contributed by atoms with Crippen LogP contribution >= 0.6 is 0 Å². The lowest BCUT2D eigenvalue weighted by Crippen LogP contribution is -2.62. The second-order valence-corrected chi connectivity index (χ2v) is 9.03. The first-order valence-electron chi connectivity index (χ1n) is 8.13. The Labute approximate surface area is 141 Å². The van der Waals surface area contributed by atoms with Gasteiger partial charge in [0.1, 0.15) is 0 Å². The van der Waals surface area contributed by atoms with E-state index in [1.165, 1.54) is 6.26 Å². The van der Waals surface area contributed by atoms with E-state index in [2.05, 4.69) is 0 Å². The highest BCUT2D eigenvalue weighted by atomic mass is 32.2. The van der Waals surface area contributed by atoms with Gasteiger partial charge in [0.25, 0.3) is 5.91 Å². The monoisotopic (exact) mass is 354 g/mol. The second-order valence-electron chi connectivity index (χ2n) is 6.87. The van der Waals surface area contributed by atoms with E-state index in [1.54, 1.807) is 21.9 Å². The maximum absolute atomic E-state index is 12.6. The lowest BCUT2D eigenvalue weighted by atomic mass is 10.0. The standard InChI is InChI=1S/C16H22N2O5S/c1-11(2)8-15(19)17-5-6-18(16(20)14-4-3-7-23-14)13-10-24(21,22)9-12(13)17/h3-4,7,11-13H,5-6,8-10H2,1-2H3/t12-,13+/m0/s1. The van der Waals surface area contributed by atoms with Crippen LogP contribution < -0.4 is 0 Å². The van der Waals surface area contributed by atoms with Gasteiger partial charge in [-0.2, -0.15) is 0 Å². The third-order valence-corrected chi connectivity index (χ3v) is 6.27. The van der Waals surface area contributed by atoms with Gasteiger partial charge < -0.3 is 14.2 Å². The topological polar surface area (TPSA) is 87.9 Å². The van der Waals surface area contributed by atoms with Crippen LogP contribution in [0.4, 0.5) is 0 Å². The van der Waals surface area contributed by atoms with E-state index in [4.69, 9.17) is 4.42 Å². The summed E-state index contributed by atoms with van der Waals surface area (Å²) < 4.78 is 29.4. The summed E-state index contributed by atoms with van der Waals surface area (Å²) in [4.78, 5) is 28.3. The maximum atomic E-state index is 12.6. The number of fused-ring (bicyclic) bond motifs is 1. The Morgan fingerprint density at radius 3 is 2.42 bits per heavy atom. The van der Waals surface area contributed by atoms with Crippen LogP contribution in [0, 0.1) is 5.92 Å². The zero-order valence-corrected chi connectivity index (χ0v) is 14.7. The molecule has 3 heterocycles. The summed E-state index contributed by atoms with van der Waals surface area (Å²) in [6.45, 7) is 4.59. The third kappa shape index (κ3) is 3.19. The van der Waals surface area contributed by atoms with Crippen molar-refractivity contribution in [2.75, 3.05) is 24.6 Å². The molecule has 132 valence electrons. The van der Waals surface area contributed by atoms with E-state index < -0.39 is 21.9 Å². The quantitative estimate of drug-likeness (QED) is 0.800. The van der Waals surface area contributed by atoms with E-state index in [1.807, 2.05) is 13.8 Å². The average molecular weight is 354 g/mol. The van der Waals surface area contributed by atoms with Crippen LogP contribution in [0.25, 0.3) is 0 Å². The highest BCUT2D eigenvalue weighted by Crippen LogP contribution is 2.29. The summed E-state index contributed by atoms with van der Waals surface area (Å²) in [5.74, 6) is -0.138. The van der Waals surface area contributed by atoms with Gasteiger partial charge in [-0.15, -0.1) is 0 Å². The molecule has 0 spiro atoms. The number of piperazine rings is 1. The summed E-state index contributed by atoms with van der Waals surface area (Å²) in [7, 11) is -3.28.